The fraction of sp³-hybridized carbons (Fsp3) is 0.333. The second-order valence-corrected chi connectivity index (χ2v) is 7.04. The first-order chi connectivity index (χ1) is 10.2. The third-order valence-electron chi connectivity index (χ3n) is 4.31. The summed E-state index contributed by atoms with van der Waals surface area (Å²) in [5.41, 5.74) is 2.70. The topological polar surface area (TPSA) is 12.0 Å². The average Bonchev–Trinajstić information content (AvgIpc) is 2.49. The van der Waals surface area contributed by atoms with Gasteiger partial charge in [0.2, 0.25) is 0 Å². The third kappa shape index (κ3) is 3.68. The van der Waals surface area contributed by atoms with Gasteiger partial charge in [-0.2, -0.15) is 0 Å². The van der Waals surface area contributed by atoms with Crippen LogP contribution in [-0.2, 0) is 6.42 Å². The van der Waals surface area contributed by atoms with E-state index in [0.717, 1.165) is 35.4 Å². The molecule has 1 nitrogen and oxygen atoms in total. The molecule has 0 radical (unpaired) electrons. The van der Waals surface area contributed by atoms with Crippen LogP contribution < -0.4 is 5.32 Å². The summed E-state index contributed by atoms with van der Waals surface area (Å²) in [5, 5.41) is 4.42. The van der Waals surface area contributed by atoms with Crippen molar-refractivity contribution in [3.8, 4) is 0 Å². The molecule has 0 aromatic heterocycles. The van der Waals surface area contributed by atoms with Crippen LogP contribution in [0.4, 0.5) is 0 Å². The lowest BCUT2D eigenvalue weighted by molar-refractivity contribution is 0.324. The third-order valence-corrected chi connectivity index (χ3v) is 5.13. The van der Waals surface area contributed by atoms with E-state index in [1.165, 1.54) is 11.1 Å². The molecule has 1 N–H and O–H groups in total. The van der Waals surface area contributed by atoms with E-state index in [2.05, 4.69) is 63.7 Å². The Kier molecular flexibility index (Phi) is 4.99. The van der Waals surface area contributed by atoms with Crippen molar-refractivity contribution in [3.63, 3.8) is 0 Å². The van der Waals surface area contributed by atoms with Crippen LogP contribution in [0, 0.1) is 5.92 Å². The van der Waals surface area contributed by atoms with Crippen molar-refractivity contribution in [3.05, 3.63) is 69.2 Å². The predicted octanol–water partition coefficient (Wildman–Crippen LogP) is 5.04. The van der Waals surface area contributed by atoms with Crippen molar-refractivity contribution in [2.75, 3.05) is 13.1 Å². The molecular formula is C18H19BrClN. The second-order valence-electron chi connectivity index (χ2n) is 5.71. The summed E-state index contributed by atoms with van der Waals surface area (Å²) in [6.45, 7) is 2.13. The van der Waals surface area contributed by atoms with Crippen molar-refractivity contribution in [1.82, 2.24) is 5.32 Å². The van der Waals surface area contributed by atoms with Crippen molar-refractivity contribution in [2.45, 2.75) is 18.8 Å². The van der Waals surface area contributed by atoms with Gasteiger partial charge in [0, 0.05) is 9.50 Å². The standard InChI is InChI=1S/C18H19BrClN/c19-15-6-7-17(18(20)11-15)16-8-9-21-12-14(16)10-13-4-2-1-3-5-13/h1-7,11,14,16,21H,8-10,12H2. The maximum Gasteiger partial charge on any atom is 0.0452 e. The summed E-state index contributed by atoms with van der Waals surface area (Å²) in [5.74, 6) is 1.13. The quantitative estimate of drug-likeness (QED) is 0.804. The monoisotopic (exact) mass is 363 g/mol. The smallest absolute Gasteiger partial charge is 0.0452 e. The molecule has 21 heavy (non-hydrogen) atoms. The Balaban J connectivity index is 1.84. The van der Waals surface area contributed by atoms with E-state index >= 15 is 0 Å². The zero-order valence-corrected chi connectivity index (χ0v) is 14.2. The van der Waals surface area contributed by atoms with Crippen LogP contribution in [0.5, 0.6) is 0 Å². The molecule has 0 spiro atoms. The molecule has 0 saturated carbocycles. The van der Waals surface area contributed by atoms with E-state index < -0.39 is 0 Å². The van der Waals surface area contributed by atoms with Crippen LogP contribution in [0.25, 0.3) is 0 Å². The summed E-state index contributed by atoms with van der Waals surface area (Å²) < 4.78 is 1.05. The van der Waals surface area contributed by atoms with Gasteiger partial charge in [0.1, 0.15) is 0 Å². The SMILES string of the molecule is Clc1cc(Br)ccc1C1CCNCC1Cc1ccccc1. The van der Waals surface area contributed by atoms with E-state index in [1.807, 2.05) is 6.07 Å². The Morgan fingerprint density at radius 2 is 1.95 bits per heavy atom. The second kappa shape index (κ2) is 6.95. The molecule has 0 amide bonds. The minimum atomic E-state index is 0.534. The van der Waals surface area contributed by atoms with Crippen molar-refractivity contribution in [2.24, 2.45) is 5.92 Å². The first kappa shape index (κ1) is 15.1. The molecule has 1 heterocycles. The normalized spacial score (nSPS) is 22.2. The van der Waals surface area contributed by atoms with Crippen LogP contribution in [0.1, 0.15) is 23.5 Å². The molecule has 1 saturated heterocycles. The number of benzene rings is 2. The summed E-state index contributed by atoms with van der Waals surface area (Å²) in [6.07, 6.45) is 2.25. The Labute approximate surface area is 139 Å². The zero-order chi connectivity index (χ0) is 14.7. The number of halogens is 2. The lowest BCUT2D eigenvalue weighted by atomic mass is 9.78. The van der Waals surface area contributed by atoms with E-state index in [4.69, 9.17) is 11.6 Å². The summed E-state index contributed by atoms with van der Waals surface area (Å²) in [6, 6.07) is 17.0. The number of hydrogen-bond acceptors (Lipinski definition) is 1. The molecule has 0 aliphatic carbocycles. The molecule has 2 aromatic carbocycles. The van der Waals surface area contributed by atoms with Crippen LogP contribution in [0.3, 0.4) is 0 Å². The van der Waals surface area contributed by atoms with Gasteiger partial charge in [-0.15, -0.1) is 0 Å². The molecular weight excluding hydrogens is 346 g/mol. The molecule has 1 aliphatic rings. The largest absolute Gasteiger partial charge is 0.316 e. The summed E-state index contributed by atoms with van der Waals surface area (Å²) >= 11 is 9.97. The lowest BCUT2D eigenvalue weighted by Crippen LogP contribution is -2.36. The van der Waals surface area contributed by atoms with E-state index in [0.29, 0.717) is 11.8 Å². The molecule has 1 fully saturated rings. The van der Waals surface area contributed by atoms with Crippen molar-refractivity contribution < 1.29 is 0 Å². The average molecular weight is 365 g/mol. The van der Waals surface area contributed by atoms with Gasteiger partial charge >= 0.3 is 0 Å². The van der Waals surface area contributed by atoms with Gasteiger partial charge in [-0.1, -0.05) is 63.9 Å². The van der Waals surface area contributed by atoms with Gasteiger partial charge in [0.15, 0.2) is 0 Å². The Hall–Kier alpha value is -0.830. The number of nitrogens with one attached hydrogen (secondary N) is 1. The number of hydrogen-bond donors (Lipinski definition) is 1. The van der Waals surface area contributed by atoms with Gasteiger partial charge in [0.25, 0.3) is 0 Å². The Morgan fingerprint density at radius 3 is 2.71 bits per heavy atom. The van der Waals surface area contributed by atoms with Crippen LogP contribution in [-0.4, -0.2) is 13.1 Å². The molecule has 2 atom stereocenters. The highest BCUT2D eigenvalue weighted by molar-refractivity contribution is 9.10. The van der Waals surface area contributed by atoms with Gasteiger partial charge in [-0.05, 0) is 61.0 Å². The maximum atomic E-state index is 6.48. The molecule has 3 rings (SSSR count). The summed E-state index contributed by atoms with van der Waals surface area (Å²) in [7, 11) is 0. The molecule has 3 heteroatoms. The van der Waals surface area contributed by atoms with E-state index in [-0.39, 0.29) is 0 Å². The number of rotatable bonds is 3. The molecule has 2 aromatic rings. The fourth-order valence-electron chi connectivity index (χ4n) is 3.27. The van der Waals surface area contributed by atoms with Crippen LogP contribution in [0.15, 0.2) is 53.0 Å². The van der Waals surface area contributed by atoms with Crippen molar-refractivity contribution in [1.29, 1.82) is 0 Å². The minimum Gasteiger partial charge on any atom is -0.316 e. The lowest BCUT2D eigenvalue weighted by Gasteiger charge is -2.33. The molecule has 2 unspecified atom stereocenters. The fourth-order valence-corrected chi connectivity index (χ4v) is 4.08. The van der Waals surface area contributed by atoms with Gasteiger partial charge < -0.3 is 5.32 Å². The maximum absolute atomic E-state index is 6.48. The molecule has 0 bridgehead atoms. The highest BCUT2D eigenvalue weighted by Gasteiger charge is 2.27. The highest BCUT2D eigenvalue weighted by Crippen LogP contribution is 2.37. The molecule has 110 valence electrons. The van der Waals surface area contributed by atoms with Gasteiger partial charge in [-0.25, -0.2) is 0 Å². The highest BCUT2D eigenvalue weighted by atomic mass is 79.9. The first-order valence-corrected chi connectivity index (χ1v) is 8.61. The van der Waals surface area contributed by atoms with Crippen molar-refractivity contribution >= 4 is 27.5 Å². The molecule has 1 aliphatic heterocycles. The summed E-state index contributed by atoms with van der Waals surface area (Å²) in [4.78, 5) is 0. The van der Waals surface area contributed by atoms with Crippen LogP contribution >= 0.6 is 27.5 Å². The first-order valence-electron chi connectivity index (χ1n) is 7.43. The van der Waals surface area contributed by atoms with Crippen LogP contribution in [0.2, 0.25) is 5.02 Å². The Morgan fingerprint density at radius 1 is 1.14 bits per heavy atom. The zero-order valence-electron chi connectivity index (χ0n) is 11.9. The van der Waals surface area contributed by atoms with Gasteiger partial charge in [0.05, 0.1) is 0 Å². The van der Waals surface area contributed by atoms with E-state index in [9.17, 15) is 0 Å². The minimum absolute atomic E-state index is 0.534. The predicted molar refractivity (Wildman–Crippen MR) is 93.0 cm³/mol. The van der Waals surface area contributed by atoms with Gasteiger partial charge in [-0.3, -0.25) is 0 Å². The number of piperidine rings is 1. The van der Waals surface area contributed by atoms with E-state index in [1.54, 1.807) is 0 Å². The Bertz CT molecular complexity index is 599.